The Morgan fingerprint density at radius 1 is 0.971 bits per heavy atom. The average molecular weight is 470 g/mol. The van der Waals surface area contributed by atoms with E-state index in [1.54, 1.807) is 18.5 Å². The number of carbonyl (C=O) groups excluding carboxylic acids is 1. The van der Waals surface area contributed by atoms with Crippen LogP contribution in [0.3, 0.4) is 0 Å². The fraction of sp³-hybridized carbons (Fsp3) is 0.192. The molecule has 0 aliphatic carbocycles. The van der Waals surface area contributed by atoms with Crippen LogP contribution in [0.1, 0.15) is 23.0 Å². The molecule has 0 saturated carbocycles. The van der Waals surface area contributed by atoms with Crippen LogP contribution in [0.4, 0.5) is 0 Å². The van der Waals surface area contributed by atoms with Crippen molar-refractivity contribution in [2.45, 2.75) is 13.5 Å². The molecule has 5 aromatic rings. The summed E-state index contributed by atoms with van der Waals surface area (Å²) in [5.74, 6) is -0.496. The molecule has 0 bridgehead atoms. The molecule has 35 heavy (non-hydrogen) atoms. The highest BCUT2D eigenvalue weighted by Crippen LogP contribution is 2.34. The highest BCUT2D eigenvalue weighted by Gasteiger charge is 2.25. The van der Waals surface area contributed by atoms with Gasteiger partial charge in [-0.15, -0.1) is 0 Å². The zero-order valence-corrected chi connectivity index (χ0v) is 19.6. The number of imidazole rings is 1. The Kier molecular flexibility index (Phi) is 5.52. The van der Waals surface area contributed by atoms with Crippen LogP contribution in [0, 0.1) is 0 Å². The monoisotopic (exact) mass is 469 g/mol. The number of nitrogens with zero attached hydrogens (tertiary/aromatic N) is 5. The van der Waals surface area contributed by atoms with Crippen LogP contribution in [0.25, 0.3) is 33.2 Å². The van der Waals surface area contributed by atoms with Crippen LogP contribution < -0.4 is 11.2 Å². The lowest BCUT2D eigenvalue weighted by atomic mass is 9.94. The van der Waals surface area contributed by atoms with Gasteiger partial charge in [0.2, 0.25) is 0 Å². The average Bonchev–Trinajstić information content (AvgIpc) is 3.29. The molecule has 0 spiro atoms. The smallest absolute Gasteiger partial charge is 0.340 e. The Bertz CT molecular complexity index is 1710. The van der Waals surface area contributed by atoms with E-state index in [2.05, 4.69) is 4.98 Å². The molecule has 0 aliphatic heterocycles. The lowest BCUT2D eigenvalue weighted by Gasteiger charge is -2.17. The number of hydrogen-bond acceptors (Lipinski definition) is 6. The van der Waals surface area contributed by atoms with Gasteiger partial charge in [-0.3, -0.25) is 13.9 Å². The molecule has 0 amide bonds. The van der Waals surface area contributed by atoms with Crippen molar-refractivity contribution in [3.63, 3.8) is 0 Å². The third-order valence-electron chi connectivity index (χ3n) is 6.05. The first kappa shape index (κ1) is 22.3. The van der Waals surface area contributed by atoms with E-state index in [4.69, 9.17) is 9.72 Å². The number of carbonyl (C=O) groups is 1. The fourth-order valence-corrected chi connectivity index (χ4v) is 4.38. The lowest BCUT2D eigenvalue weighted by Crippen LogP contribution is -2.37. The summed E-state index contributed by atoms with van der Waals surface area (Å²) in [7, 11) is 2.99. The molecule has 5 rings (SSSR count). The van der Waals surface area contributed by atoms with Crippen LogP contribution in [-0.4, -0.2) is 36.2 Å². The maximum absolute atomic E-state index is 13.3. The van der Waals surface area contributed by atoms with Gasteiger partial charge >= 0.3 is 11.7 Å². The third-order valence-corrected chi connectivity index (χ3v) is 6.05. The summed E-state index contributed by atoms with van der Waals surface area (Å²) in [4.78, 5) is 47.7. The molecule has 0 radical (unpaired) electrons. The summed E-state index contributed by atoms with van der Waals surface area (Å²) < 4.78 is 9.43. The van der Waals surface area contributed by atoms with E-state index in [-0.39, 0.29) is 24.3 Å². The van der Waals surface area contributed by atoms with Crippen molar-refractivity contribution in [1.29, 1.82) is 0 Å². The van der Waals surface area contributed by atoms with Gasteiger partial charge in [0.05, 0.1) is 36.3 Å². The zero-order valence-electron chi connectivity index (χ0n) is 19.6. The van der Waals surface area contributed by atoms with Crippen molar-refractivity contribution in [1.82, 2.24) is 23.7 Å². The second kappa shape index (κ2) is 8.68. The number of benzene rings is 2. The Morgan fingerprint density at radius 2 is 1.69 bits per heavy atom. The molecule has 0 unspecified atom stereocenters. The molecular weight excluding hydrogens is 446 g/mol. The highest BCUT2D eigenvalue weighted by molar-refractivity contribution is 6.08. The Morgan fingerprint density at radius 3 is 2.43 bits per heavy atom. The third kappa shape index (κ3) is 3.61. The molecule has 0 aliphatic rings. The van der Waals surface area contributed by atoms with Crippen molar-refractivity contribution < 1.29 is 9.53 Å². The van der Waals surface area contributed by atoms with Crippen molar-refractivity contribution >= 4 is 28.0 Å². The van der Waals surface area contributed by atoms with Gasteiger partial charge in [-0.2, -0.15) is 0 Å². The van der Waals surface area contributed by atoms with Gasteiger partial charge in [0, 0.05) is 25.0 Å². The Labute approximate surface area is 199 Å². The molecule has 0 atom stereocenters. The Hall–Kier alpha value is -4.53. The summed E-state index contributed by atoms with van der Waals surface area (Å²) in [6, 6.07) is 17.2. The van der Waals surface area contributed by atoms with E-state index in [0.717, 1.165) is 21.1 Å². The van der Waals surface area contributed by atoms with Gasteiger partial charge < -0.3 is 9.30 Å². The van der Waals surface area contributed by atoms with E-state index in [9.17, 15) is 14.4 Å². The number of para-hydroxylation sites is 1. The van der Waals surface area contributed by atoms with Gasteiger partial charge in [0.1, 0.15) is 0 Å². The molecule has 0 fully saturated rings. The van der Waals surface area contributed by atoms with Crippen molar-refractivity contribution in [2.24, 2.45) is 14.1 Å². The van der Waals surface area contributed by atoms with Gasteiger partial charge in [0.25, 0.3) is 5.56 Å². The maximum atomic E-state index is 13.3. The second-order valence-electron chi connectivity index (χ2n) is 8.16. The first-order valence-corrected chi connectivity index (χ1v) is 11.2. The molecule has 0 saturated heterocycles. The Balaban J connectivity index is 1.82. The number of fused-ring (bicyclic) bond motifs is 2. The molecule has 0 N–H and O–H groups in total. The first-order valence-electron chi connectivity index (χ1n) is 11.2. The topological polar surface area (TPSA) is 101 Å². The highest BCUT2D eigenvalue weighted by atomic mass is 16.5. The summed E-state index contributed by atoms with van der Waals surface area (Å²) in [6.07, 6.45) is 1.49. The van der Waals surface area contributed by atoms with Crippen LogP contribution >= 0.6 is 0 Å². The molecule has 9 heteroatoms. The van der Waals surface area contributed by atoms with Gasteiger partial charge in [-0.1, -0.05) is 48.5 Å². The van der Waals surface area contributed by atoms with Crippen molar-refractivity contribution in [3.8, 4) is 11.1 Å². The molecule has 3 aromatic heterocycles. The summed E-state index contributed by atoms with van der Waals surface area (Å²) >= 11 is 0. The molecular formula is C26H23N5O4. The van der Waals surface area contributed by atoms with E-state index >= 15 is 0 Å². The first-order chi connectivity index (χ1) is 16.9. The van der Waals surface area contributed by atoms with E-state index in [1.165, 1.54) is 17.9 Å². The number of hydrogen-bond donors (Lipinski definition) is 0. The largest absolute Gasteiger partial charge is 0.462 e. The predicted octanol–water partition coefficient (Wildman–Crippen LogP) is 2.87. The van der Waals surface area contributed by atoms with Crippen LogP contribution in [0.2, 0.25) is 0 Å². The minimum absolute atomic E-state index is 0.0861. The van der Waals surface area contributed by atoms with Crippen molar-refractivity contribution in [3.05, 3.63) is 93.0 Å². The SMILES string of the molecule is CCOC(=O)c1c(Cn2cnc3c2c(=O)n(C)c(=O)n3C)nc2ccccc2c1-c1ccccc1. The maximum Gasteiger partial charge on any atom is 0.340 e. The molecule has 176 valence electrons. The number of pyridine rings is 1. The van der Waals surface area contributed by atoms with E-state index in [1.807, 2.05) is 54.6 Å². The normalized spacial score (nSPS) is 11.3. The van der Waals surface area contributed by atoms with Gasteiger partial charge in [0.15, 0.2) is 11.2 Å². The summed E-state index contributed by atoms with van der Waals surface area (Å²) in [5.41, 5.74) is 2.63. The number of rotatable bonds is 5. The lowest BCUT2D eigenvalue weighted by molar-refractivity contribution is 0.0525. The van der Waals surface area contributed by atoms with Crippen LogP contribution in [0.15, 0.2) is 70.5 Å². The number of esters is 1. The van der Waals surface area contributed by atoms with Gasteiger partial charge in [-0.05, 0) is 18.6 Å². The fourth-order valence-electron chi connectivity index (χ4n) is 4.38. The number of aromatic nitrogens is 5. The molecule has 2 aromatic carbocycles. The standard InChI is InChI=1S/C26H23N5O4/c1-4-35-25(33)21-19(14-31-15-27-23-22(31)24(32)30(3)26(34)29(23)2)28-18-13-9-8-12-17(18)20(21)16-10-6-5-7-11-16/h5-13,15H,4,14H2,1-3H3. The molecule has 3 heterocycles. The number of ether oxygens (including phenoxy) is 1. The summed E-state index contributed by atoms with van der Waals surface area (Å²) in [6.45, 7) is 2.04. The van der Waals surface area contributed by atoms with Gasteiger partial charge in [-0.25, -0.2) is 19.6 Å². The van der Waals surface area contributed by atoms with E-state index in [0.29, 0.717) is 16.8 Å². The van der Waals surface area contributed by atoms with Crippen LogP contribution in [0.5, 0.6) is 0 Å². The quantitative estimate of drug-likeness (QED) is 0.367. The van der Waals surface area contributed by atoms with Crippen molar-refractivity contribution in [2.75, 3.05) is 6.61 Å². The molecule has 9 nitrogen and oxygen atoms in total. The minimum Gasteiger partial charge on any atom is -0.462 e. The van der Waals surface area contributed by atoms with E-state index < -0.39 is 17.2 Å². The zero-order chi connectivity index (χ0) is 24.7. The number of aryl methyl sites for hydroxylation is 1. The second-order valence-corrected chi connectivity index (χ2v) is 8.16. The minimum atomic E-state index is -0.496. The van der Waals surface area contributed by atoms with Crippen LogP contribution in [-0.2, 0) is 25.4 Å². The summed E-state index contributed by atoms with van der Waals surface area (Å²) in [5, 5.41) is 0.819. The predicted molar refractivity (Wildman–Crippen MR) is 132 cm³/mol.